The van der Waals surface area contributed by atoms with Gasteiger partial charge in [-0.15, -0.1) is 0 Å². The van der Waals surface area contributed by atoms with E-state index < -0.39 is 12.1 Å². The van der Waals surface area contributed by atoms with Gasteiger partial charge in [-0.25, -0.2) is 4.79 Å². The Bertz CT molecular complexity index is 946. The fourth-order valence-corrected chi connectivity index (χ4v) is 2.76. The molecule has 0 aliphatic rings. The van der Waals surface area contributed by atoms with Crippen LogP contribution in [-0.2, 0) is 11.2 Å². The van der Waals surface area contributed by atoms with Crippen LogP contribution in [0.15, 0.2) is 78.9 Å². The highest BCUT2D eigenvalue weighted by molar-refractivity contribution is 6.01. The van der Waals surface area contributed by atoms with Crippen LogP contribution in [0.3, 0.4) is 0 Å². The summed E-state index contributed by atoms with van der Waals surface area (Å²) < 4.78 is 11.2. The van der Waals surface area contributed by atoms with Crippen LogP contribution in [-0.4, -0.2) is 17.9 Å². The van der Waals surface area contributed by atoms with Gasteiger partial charge in [-0.3, -0.25) is 4.79 Å². The van der Waals surface area contributed by atoms with Gasteiger partial charge in [0.1, 0.15) is 17.1 Å². The molecule has 4 heteroatoms. The molecule has 142 valence electrons. The maximum Gasteiger partial charge on any atom is 0.342 e. The lowest BCUT2D eigenvalue weighted by Crippen LogP contribution is -2.24. The Morgan fingerprint density at radius 3 is 2.18 bits per heavy atom. The van der Waals surface area contributed by atoms with Crippen LogP contribution in [0.2, 0.25) is 0 Å². The number of hydrogen-bond acceptors (Lipinski definition) is 4. The molecular weight excluding hydrogens is 352 g/mol. The minimum atomic E-state index is -0.898. The zero-order valence-corrected chi connectivity index (χ0v) is 15.9. The molecule has 0 amide bonds. The van der Waals surface area contributed by atoms with E-state index in [1.807, 2.05) is 30.3 Å². The number of ketones is 1. The number of rotatable bonds is 7. The molecule has 0 saturated carbocycles. The number of esters is 1. The molecule has 3 rings (SSSR count). The van der Waals surface area contributed by atoms with Crippen molar-refractivity contribution in [3.63, 3.8) is 0 Å². The normalized spacial score (nSPS) is 11.5. The topological polar surface area (TPSA) is 52.6 Å². The Hall–Kier alpha value is -3.40. The Balaban J connectivity index is 1.72. The van der Waals surface area contributed by atoms with Gasteiger partial charge >= 0.3 is 5.97 Å². The number of para-hydroxylation sites is 2. The second-order valence-corrected chi connectivity index (χ2v) is 6.37. The van der Waals surface area contributed by atoms with Crippen LogP contribution in [0.5, 0.6) is 11.5 Å². The van der Waals surface area contributed by atoms with E-state index >= 15 is 0 Å². The maximum atomic E-state index is 12.6. The van der Waals surface area contributed by atoms with Gasteiger partial charge in [0.2, 0.25) is 5.78 Å². The number of benzene rings is 3. The molecule has 0 aliphatic heterocycles. The van der Waals surface area contributed by atoms with Crippen LogP contribution in [0.25, 0.3) is 0 Å². The molecule has 28 heavy (non-hydrogen) atoms. The van der Waals surface area contributed by atoms with Gasteiger partial charge in [0.05, 0.1) is 0 Å². The molecule has 3 aromatic rings. The fraction of sp³-hybridized carbons (Fsp3) is 0.167. The van der Waals surface area contributed by atoms with Crippen LogP contribution in [0, 0.1) is 0 Å². The fourth-order valence-electron chi connectivity index (χ4n) is 2.76. The predicted octanol–water partition coefficient (Wildman–Crippen LogP) is 5.47. The van der Waals surface area contributed by atoms with Crippen molar-refractivity contribution in [1.29, 1.82) is 0 Å². The van der Waals surface area contributed by atoms with Gasteiger partial charge in [0, 0.05) is 5.56 Å². The molecule has 0 heterocycles. The average Bonchev–Trinajstić information content (AvgIpc) is 2.74. The highest BCUT2D eigenvalue weighted by Crippen LogP contribution is 2.26. The zero-order valence-electron chi connectivity index (χ0n) is 15.9. The minimum absolute atomic E-state index is 0.238. The minimum Gasteiger partial charge on any atom is -0.456 e. The second kappa shape index (κ2) is 9.00. The summed E-state index contributed by atoms with van der Waals surface area (Å²) in [6.07, 6.45) is 0.00164. The third-order valence-corrected chi connectivity index (χ3v) is 4.38. The van der Waals surface area contributed by atoms with E-state index in [9.17, 15) is 9.59 Å². The average molecular weight is 374 g/mol. The molecule has 0 unspecified atom stereocenters. The predicted molar refractivity (Wildman–Crippen MR) is 108 cm³/mol. The summed E-state index contributed by atoms with van der Waals surface area (Å²) in [6, 6.07) is 23.3. The number of ether oxygens (including phenoxy) is 2. The first-order chi connectivity index (χ1) is 13.6. The number of carbonyl (C=O) groups is 2. The molecule has 0 saturated heterocycles. The molecule has 0 N–H and O–H groups in total. The van der Waals surface area contributed by atoms with Crippen molar-refractivity contribution in [2.75, 3.05) is 0 Å². The zero-order chi connectivity index (χ0) is 19.9. The Kier molecular flexibility index (Phi) is 6.22. The molecule has 0 aliphatic carbocycles. The third kappa shape index (κ3) is 4.65. The summed E-state index contributed by atoms with van der Waals surface area (Å²) in [7, 11) is 0. The van der Waals surface area contributed by atoms with Crippen molar-refractivity contribution in [3.05, 3.63) is 95.6 Å². The van der Waals surface area contributed by atoms with Gasteiger partial charge in [0.25, 0.3) is 0 Å². The van der Waals surface area contributed by atoms with E-state index in [2.05, 4.69) is 6.92 Å². The van der Waals surface area contributed by atoms with E-state index in [-0.39, 0.29) is 11.3 Å². The molecule has 0 bridgehead atoms. The SMILES string of the molecule is CCc1ccc(C(=O)[C@@H](C)OC(=O)c2ccccc2Oc2ccccc2)cc1. The van der Waals surface area contributed by atoms with E-state index in [1.54, 1.807) is 55.5 Å². The quantitative estimate of drug-likeness (QED) is 0.406. The molecule has 1 atom stereocenters. The van der Waals surface area contributed by atoms with E-state index in [1.165, 1.54) is 0 Å². The van der Waals surface area contributed by atoms with Crippen LogP contribution in [0.1, 0.15) is 40.1 Å². The highest BCUT2D eigenvalue weighted by atomic mass is 16.5. The highest BCUT2D eigenvalue weighted by Gasteiger charge is 2.22. The van der Waals surface area contributed by atoms with E-state index in [0.717, 1.165) is 12.0 Å². The number of carbonyl (C=O) groups excluding carboxylic acids is 2. The monoisotopic (exact) mass is 374 g/mol. The number of hydrogen-bond donors (Lipinski definition) is 0. The molecule has 3 aromatic carbocycles. The number of aryl methyl sites for hydroxylation is 1. The lowest BCUT2D eigenvalue weighted by atomic mass is 10.0. The largest absolute Gasteiger partial charge is 0.456 e. The van der Waals surface area contributed by atoms with E-state index in [0.29, 0.717) is 17.1 Å². The summed E-state index contributed by atoms with van der Waals surface area (Å²) in [5.41, 5.74) is 1.94. The summed E-state index contributed by atoms with van der Waals surface area (Å²) in [5, 5.41) is 0. The Labute approximate surface area is 164 Å². The Morgan fingerprint density at radius 2 is 1.50 bits per heavy atom. The first-order valence-electron chi connectivity index (χ1n) is 9.24. The lowest BCUT2D eigenvalue weighted by molar-refractivity contribution is 0.0316. The van der Waals surface area contributed by atoms with Gasteiger partial charge in [0.15, 0.2) is 6.10 Å². The van der Waals surface area contributed by atoms with Crippen molar-refractivity contribution in [2.45, 2.75) is 26.4 Å². The van der Waals surface area contributed by atoms with Crippen LogP contribution >= 0.6 is 0 Å². The molecule has 0 aromatic heterocycles. The Morgan fingerprint density at radius 1 is 0.857 bits per heavy atom. The first-order valence-corrected chi connectivity index (χ1v) is 9.24. The van der Waals surface area contributed by atoms with Crippen LogP contribution < -0.4 is 4.74 Å². The van der Waals surface area contributed by atoms with Crippen molar-refractivity contribution >= 4 is 11.8 Å². The van der Waals surface area contributed by atoms with Crippen molar-refractivity contribution in [3.8, 4) is 11.5 Å². The van der Waals surface area contributed by atoms with Crippen molar-refractivity contribution < 1.29 is 19.1 Å². The summed E-state index contributed by atoms with van der Waals surface area (Å²) >= 11 is 0. The van der Waals surface area contributed by atoms with Gasteiger partial charge < -0.3 is 9.47 Å². The summed E-state index contributed by atoms with van der Waals surface area (Å²) in [5.74, 6) is 0.156. The lowest BCUT2D eigenvalue weighted by Gasteiger charge is -2.15. The van der Waals surface area contributed by atoms with E-state index in [4.69, 9.17) is 9.47 Å². The van der Waals surface area contributed by atoms with Gasteiger partial charge in [-0.1, -0.05) is 61.5 Å². The second-order valence-electron chi connectivity index (χ2n) is 6.37. The first kappa shape index (κ1) is 19.4. The maximum absolute atomic E-state index is 12.6. The summed E-state index contributed by atoms with van der Waals surface area (Å²) in [6.45, 7) is 3.63. The smallest absolute Gasteiger partial charge is 0.342 e. The molecule has 4 nitrogen and oxygen atoms in total. The van der Waals surface area contributed by atoms with Gasteiger partial charge in [-0.2, -0.15) is 0 Å². The molecule has 0 fully saturated rings. The number of Topliss-reactive ketones (excluding diaryl/α,β-unsaturated/α-hetero) is 1. The molecule has 0 spiro atoms. The van der Waals surface area contributed by atoms with Crippen molar-refractivity contribution in [2.24, 2.45) is 0 Å². The molecular formula is C24H22O4. The van der Waals surface area contributed by atoms with Crippen LogP contribution in [0.4, 0.5) is 0 Å². The third-order valence-electron chi connectivity index (χ3n) is 4.38. The van der Waals surface area contributed by atoms with Crippen molar-refractivity contribution in [1.82, 2.24) is 0 Å². The summed E-state index contributed by atoms with van der Waals surface area (Å²) in [4.78, 5) is 25.2. The van der Waals surface area contributed by atoms with Gasteiger partial charge in [-0.05, 0) is 43.2 Å². The standard InChI is InChI=1S/C24H22O4/c1-3-18-13-15-19(16-14-18)23(25)17(2)27-24(26)21-11-7-8-12-22(21)28-20-9-5-4-6-10-20/h4-17H,3H2,1-2H3/t17-/m1/s1. The molecule has 0 radical (unpaired) electrons.